The molecule has 2 aliphatic heterocycles. The van der Waals surface area contributed by atoms with Gasteiger partial charge in [0.15, 0.2) is 17.4 Å². The highest BCUT2D eigenvalue weighted by Crippen LogP contribution is 2.57. The highest BCUT2D eigenvalue weighted by molar-refractivity contribution is 8.07. The van der Waals surface area contributed by atoms with Gasteiger partial charge < -0.3 is 23.9 Å². The third-order valence-electron chi connectivity index (χ3n) is 4.13. The number of H-pyrrole nitrogens is 1. The first-order valence-electron chi connectivity index (χ1n) is 7.87. The minimum absolute atomic E-state index is 0.131. The van der Waals surface area contributed by atoms with Gasteiger partial charge in [-0.25, -0.2) is 9.97 Å². The molecule has 5 atom stereocenters. The van der Waals surface area contributed by atoms with Crippen molar-refractivity contribution in [2.24, 2.45) is 0 Å². The summed E-state index contributed by atoms with van der Waals surface area (Å²) < 4.78 is 24.1. The minimum Gasteiger partial charge on any atom is -0.386 e. The molecule has 0 aliphatic carbocycles. The molecule has 0 radical (unpaired) electrons. The first-order valence-corrected chi connectivity index (χ1v) is 10.4. The van der Waals surface area contributed by atoms with Crippen molar-refractivity contribution in [2.75, 3.05) is 13.2 Å². The molecule has 4 rings (SSSR count). The molecule has 12 heteroatoms. The molecule has 140 valence electrons. The Balaban J connectivity index is 1.64. The fourth-order valence-corrected chi connectivity index (χ4v) is 5.03. The summed E-state index contributed by atoms with van der Waals surface area (Å²) in [5.41, 5.74) is 0.124. The summed E-state index contributed by atoms with van der Waals surface area (Å²) in [5, 5.41) is 10.7. The number of aliphatic hydroxyl groups is 1. The molecule has 10 nitrogen and oxygen atoms in total. The van der Waals surface area contributed by atoms with E-state index < -0.39 is 31.3 Å². The molecule has 0 aromatic carbocycles. The second-order valence-corrected chi connectivity index (χ2v) is 8.89. The third kappa shape index (κ3) is 2.95. The van der Waals surface area contributed by atoms with Crippen LogP contribution in [0.3, 0.4) is 0 Å². The normalized spacial score (nSPS) is 34.1. The van der Waals surface area contributed by atoms with Crippen molar-refractivity contribution in [3.8, 4) is 0 Å². The van der Waals surface area contributed by atoms with E-state index in [4.69, 9.17) is 30.1 Å². The number of nitrogens with zero attached hydrogens (tertiary/aromatic N) is 3. The molecule has 0 spiro atoms. The first kappa shape index (κ1) is 17.9. The standard InChI is InChI=1S/C14H17N4O6PS/c1-3-4-21-25(26)22-5-8-11(24-25)10(19)14(23-8)18-6-15-9-12(18)16-7(2)17-13(9)20/h3,6,8,10-11,14,19H,1,4-5H2,2H3,(H,16,17,20)/t8-,10?,11?,14-,25?/m1/s1. The molecule has 3 unspecified atom stereocenters. The fourth-order valence-electron chi connectivity index (χ4n) is 2.99. The Morgan fingerprint density at radius 2 is 2.46 bits per heavy atom. The first-order chi connectivity index (χ1) is 12.4. The Kier molecular flexibility index (Phi) is 4.56. The maximum absolute atomic E-state index is 12.0. The van der Waals surface area contributed by atoms with E-state index >= 15 is 0 Å². The highest BCUT2D eigenvalue weighted by atomic mass is 32.5. The van der Waals surface area contributed by atoms with E-state index in [9.17, 15) is 9.90 Å². The molecule has 2 fully saturated rings. The van der Waals surface area contributed by atoms with Gasteiger partial charge in [0.2, 0.25) is 0 Å². The fraction of sp³-hybridized carbons (Fsp3) is 0.500. The summed E-state index contributed by atoms with van der Waals surface area (Å²) in [5.74, 6) is 0.432. The second kappa shape index (κ2) is 6.61. The van der Waals surface area contributed by atoms with E-state index in [0.717, 1.165) is 0 Å². The summed E-state index contributed by atoms with van der Waals surface area (Å²) >= 11 is 5.30. The summed E-state index contributed by atoms with van der Waals surface area (Å²) in [4.78, 5) is 22.9. The molecule has 2 N–H and O–H groups in total. The average Bonchev–Trinajstić information content (AvgIpc) is 3.15. The lowest BCUT2D eigenvalue weighted by Crippen LogP contribution is -2.39. The molecule has 26 heavy (non-hydrogen) atoms. The van der Waals surface area contributed by atoms with Gasteiger partial charge in [-0.3, -0.25) is 13.9 Å². The Labute approximate surface area is 153 Å². The van der Waals surface area contributed by atoms with Crippen molar-refractivity contribution in [3.05, 3.63) is 35.2 Å². The molecule has 4 heterocycles. The van der Waals surface area contributed by atoms with E-state index in [-0.39, 0.29) is 24.3 Å². The van der Waals surface area contributed by atoms with E-state index in [1.807, 2.05) is 0 Å². The van der Waals surface area contributed by atoms with Crippen LogP contribution in [-0.2, 0) is 30.1 Å². The molecule has 2 aromatic rings. The summed E-state index contributed by atoms with van der Waals surface area (Å²) in [7, 11) is 0. The van der Waals surface area contributed by atoms with Gasteiger partial charge in [0.05, 0.1) is 19.5 Å². The van der Waals surface area contributed by atoms with Crippen LogP contribution in [0.15, 0.2) is 23.8 Å². The van der Waals surface area contributed by atoms with Gasteiger partial charge >= 0.3 is 6.72 Å². The van der Waals surface area contributed by atoms with Gasteiger partial charge in [-0.1, -0.05) is 6.08 Å². The maximum atomic E-state index is 12.0. The number of nitrogens with one attached hydrogen (secondary N) is 1. The molecule has 0 saturated carbocycles. The van der Waals surface area contributed by atoms with Crippen LogP contribution < -0.4 is 5.56 Å². The summed E-state index contributed by atoms with van der Waals surface area (Å²) in [6, 6.07) is 0. The molecule has 2 aliphatic rings. The van der Waals surface area contributed by atoms with Gasteiger partial charge in [-0.05, 0) is 18.7 Å². The van der Waals surface area contributed by atoms with Crippen molar-refractivity contribution in [3.63, 3.8) is 0 Å². The van der Waals surface area contributed by atoms with Gasteiger partial charge in [0.25, 0.3) is 5.56 Å². The molecule has 2 aromatic heterocycles. The molecule has 0 amide bonds. The Morgan fingerprint density at radius 3 is 3.23 bits per heavy atom. The zero-order valence-electron chi connectivity index (χ0n) is 13.8. The zero-order chi connectivity index (χ0) is 18.5. The monoisotopic (exact) mass is 400 g/mol. The smallest absolute Gasteiger partial charge is 0.328 e. The lowest BCUT2D eigenvalue weighted by molar-refractivity contribution is -0.0613. The Hall–Kier alpha value is -1.46. The van der Waals surface area contributed by atoms with Crippen LogP contribution in [0.2, 0.25) is 0 Å². The summed E-state index contributed by atoms with van der Waals surface area (Å²) in [6.07, 6.45) is -0.196. The number of aryl methyl sites for hydroxylation is 1. The number of imidazole rings is 1. The van der Waals surface area contributed by atoms with Crippen LogP contribution in [0, 0.1) is 6.92 Å². The van der Waals surface area contributed by atoms with E-state index in [1.54, 1.807) is 13.0 Å². The average molecular weight is 400 g/mol. The van der Waals surface area contributed by atoms with Gasteiger partial charge in [-0.15, -0.1) is 6.58 Å². The van der Waals surface area contributed by atoms with Crippen LogP contribution in [0.25, 0.3) is 11.2 Å². The molecule has 0 bridgehead atoms. The Bertz CT molecular complexity index is 961. The number of hydrogen-bond acceptors (Lipinski definition) is 9. The third-order valence-corrected chi connectivity index (χ3v) is 6.46. The molecular weight excluding hydrogens is 383 g/mol. The second-order valence-electron chi connectivity index (χ2n) is 5.93. The number of aromatic nitrogens is 4. The van der Waals surface area contributed by atoms with E-state index in [1.165, 1.54) is 10.9 Å². The van der Waals surface area contributed by atoms with Crippen molar-refractivity contribution in [1.82, 2.24) is 19.5 Å². The van der Waals surface area contributed by atoms with Crippen LogP contribution in [0.1, 0.15) is 12.1 Å². The quantitative estimate of drug-likeness (QED) is 0.559. The number of aromatic amines is 1. The SMILES string of the molecule is C=CCOP1(=S)OC[C@H]2O[C@@H](n3cnc4c(=O)[nH]c(C)nc43)C(O)C2O1. The number of aliphatic hydroxyl groups excluding tert-OH is 1. The molecule has 2 saturated heterocycles. The highest BCUT2D eigenvalue weighted by Gasteiger charge is 2.52. The predicted molar refractivity (Wildman–Crippen MR) is 94.1 cm³/mol. The lowest BCUT2D eigenvalue weighted by atomic mass is 10.1. The van der Waals surface area contributed by atoms with Gasteiger partial charge in [0, 0.05) is 0 Å². The Morgan fingerprint density at radius 1 is 1.65 bits per heavy atom. The number of fused-ring (bicyclic) bond motifs is 2. The number of rotatable bonds is 4. The minimum atomic E-state index is -2.98. The van der Waals surface area contributed by atoms with Crippen molar-refractivity contribution < 1.29 is 23.4 Å². The van der Waals surface area contributed by atoms with E-state index in [0.29, 0.717) is 11.5 Å². The van der Waals surface area contributed by atoms with Crippen molar-refractivity contribution in [2.45, 2.75) is 31.5 Å². The number of hydrogen-bond donors (Lipinski definition) is 2. The lowest BCUT2D eigenvalue weighted by Gasteiger charge is -2.33. The maximum Gasteiger partial charge on any atom is 0.328 e. The zero-order valence-corrected chi connectivity index (χ0v) is 15.5. The van der Waals surface area contributed by atoms with Gasteiger partial charge in [0.1, 0.15) is 24.1 Å². The summed E-state index contributed by atoms with van der Waals surface area (Å²) in [6.45, 7) is 2.56. The van der Waals surface area contributed by atoms with Crippen LogP contribution in [0.5, 0.6) is 0 Å². The topological polar surface area (TPSA) is 121 Å². The van der Waals surface area contributed by atoms with Crippen LogP contribution >= 0.6 is 6.72 Å². The predicted octanol–water partition coefficient (Wildman–Crippen LogP) is 0.529. The van der Waals surface area contributed by atoms with Gasteiger partial charge in [-0.2, -0.15) is 0 Å². The molecular formula is C14H17N4O6PS. The van der Waals surface area contributed by atoms with E-state index in [2.05, 4.69) is 21.5 Å². The largest absolute Gasteiger partial charge is 0.386 e. The van der Waals surface area contributed by atoms with Crippen LogP contribution in [-0.4, -0.2) is 56.2 Å². The van der Waals surface area contributed by atoms with Crippen LogP contribution in [0.4, 0.5) is 0 Å². The van der Waals surface area contributed by atoms with Crippen molar-refractivity contribution >= 4 is 29.7 Å². The number of ether oxygens (including phenoxy) is 1. The van der Waals surface area contributed by atoms with Crippen molar-refractivity contribution in [1.29, 1.82) is 0 Å².